The van der Waals surface area contributed by atoms with Crippen LogP contribution in [0.4, 0.5) is 5.69 Å². The summed E-state index contributed by atoms with van der Waals surface area (Å²) in [5, 5.41) is 11.5. The summed E-state index contributed by atoms with van der Waals surface area (Å²) in [6.07, 6.45) is 0. The molecule has 8 heteroatoms. The molecule has 1 aliphatic rings. The topological polar surface area (TPSA) is 88.5 Å². The molecule has 1 saturated heterocycles. The normalized spacial score (nSPS) is 16.6. The first kappa shape index (κ1) is 25.6. The van der Waals surface area contributed by atoms with Crippen molar-refractivity contribution in [1.29, 1.82) is 0 Å². The minimum absolute atomic E-state index is 0.0130. The molecule has 0 bridgehead atoms. The van der Waals surface area contributed by atoms with Crippen LogP contribution < -0.4 is 19.1 Å². The molecule has 1 amide bonds. The Labute approximate surface area is 216 Å². The van der Waals surface area contributed by atoms with Crippen molar-refractivity contribution in [2.45, 2.75) is 12.6 Å². The van der Waals surface area contributed by atoms with Crippen LogP contribution in [0.3, 0.4) is 0 Å². The predicted octanol–water partition coefficient (Wildman–Crippen LogP) is 4.40. The van der Waals surface area contributed by atoms with E-state index in [0.717, 1.165) is 11.3 Å². The lowest BCUT2D eigenvalue weighted by Gasteiger charge is -2.26. The van der Waals surface area contributed by atoms with E-state index in [2.05, 4.69) is 0 Å². The van der Waals surface area contributed by atoms with E-state index in [0.29, 0.717) is 22.8 Å². The zero-order valence-corrected chi connectivity index (χ0v) is 21.5. The van der Waals surface area contributed by atoms with Gasteiger partial charge in [-0.25, -0.2) is 0 Å². The van der Waals surface area contributed by atoms with Crippen LogP contribution in [-0.2, 0) is 16.1 Å². The molecule has 37 heavy (non-hydrogen) atoms. The van der Waals surface area contributed by atoms with Crippen molar-refractivity contribution in [1.82, 2.24) is 4.90 Å². The summed E-state index contributed by atoms with van der Waals surface area (Å²) < 4.78 is 16.2. The standard InChI is InChI=1S/C29H30N2O6/c1-30(2)20-12-10-18(11-13-20)26-25(27(32)22-15-14-21(35-3)16-24(22)37-5)28(33)29(34)31(26)17-19-8-6-7-9-23(19)36-4/h6-16,26,32H,17H2,1-5H3/b27-25-. The number of anilines is 1. The minimum Gasteiger partial charge on any atom is -0.507 e. The van der Waals surface area contributed by atoms with Gasteiger partial charge in [-0.15, -0.1) is 0 Å². The second-order valence-electron chi connectivity index (χ2n) is 8.79. The maximum absolute atomic E-state index is 13.4. The highest BCUT2D eigenvalue weighted by atomic mass is 16.5. The highest BCUT2D eigenvalue weighted by Crippen LogP contribution is 2.43. The largest absolute Gasteiger partial charge is 0.507 e. The van der Waals surface area contributed by atoms with Gasteiger partial charge in [-0.05, 0) is 35.9 Å². The van der Waals surface area contributed by atoms with E-state index < -0.39 is 17.7 Å². The van der Waals surface area contributed by atoms with Crippen molar-refractivity contribution in [3.63, 3.8) is 0 Å². The lowest BCUT2D eigenvalue weighted by Crippen LogP contribution is -2.29. The van der Waals surface area contributed by atoms with Gasteiger partial charge in [0.1, 0.15) is 23.0 Å². The van der Waals surface area contributed by atoms with Crippen LogP contribution in [0.25, 0.3) is 5.76 Å². The van der Waals surface area contributed by atoms with Gasteiger partial charge in [-0.2, -0.15) is 0 Å². The Kier molecular flexibility index (Phi) is 7.38. The number of hydrogen-bond acceptors (Lipinski definition) is 7. The molecule has 0 spiro atoms. The number of nitrogens with zero attached hydrogens (tertiary/aromatic N) is 2. The highest BCUT2D eigenvalue weighted by Gasteiger charge is 2.46. The van der Waals surface area contributed by atoms with E-state index in [1.165, 1.54) is 19.1 Å². The van der Waals surface area contributed by atoms with Crippen LogP contribution in [0, 0.1) is 0 Å². The first-order chi connectivity index (χ1) is 17.8. The zero-order valence-electron chi connectivity index (χ0n) is 21.5. The van der Waals surface area contributed by atoms with Crippen LogP contribution in [0.15, 0.2) is 72.3 Å². The molecular formula is C29H30N2O6. The Morgan fingerprint density at radius 3 is 2.19 bits per heavy atom. The fourth-order valence-electron chi connectivity index (χ4n) is 4.50. The number of aliphatic hydroxyl groups is 1. The summed E-state index contributed by atoms with van der Waals surface area (Å²) in [7, 11) is 8.40. The third kappa shape index (κ3) is 4.82. The molecule has 0 aromatic heterocycles. The van der Waals surface area contributed by atoms with Gasteiger partial charge in [0.15, 0.2) is 0 Å². The Morgan fingerprint density at radius 1 is 0.892 bits per heavy atom. The van der Waals surface area contributed by atoms with Gasteiger partial charge in [0.2, 0.25) is 0 Å². The van der Waals surface area contributed by atoms with E-state index in [1.807, 2.05) is 61.5 Å². The summed E-state index contributed by atoms with van der Waals surface area (Å²) >= 11 is 0. The lowest BCUT2D eigenvalue weighted by atomic mass is 9.94. The zero-order chi connectivity index (χ0) is 26.7. The van der Waals surface area contributed by atoms with Crippen molar-refractivity contribution >= 4 is 23.1 Å². The minimum atomic E-state index is -0.826. The number of benzene rings is 3. The maximum Gasteiger partial charge on any atom is 0.295 e. The van der Waals surface area contributed by atoms with Crippen LogP contribution in [0.2, 0.25) is 0 Å². The van der Waals surface area contributed by atoms with Gasteiger partial charge in [0, 0.05) is 31.4 Å². The van der Waals surface area contributed by atoms with Crippen LogP contribution in [0.1, 0.15) is 22.7 Å². The summed E-state index contributed by atoms with van der Waals surface area (Å²) in [6, 6.07) is 18.9. The van der Waals surface area contributed by atoms with E-state index in [-0.39, 0.29) is 23.4 Å². The monoisotopic (exact) mass is 502 g/mol. The second kappa shape index (κ2) is 10.7. The van der Waals surface area contributed by atoms with Gasteiger partial charge in [-0.3, -0.25) is 9.59 Å². The molecule has 1 unspecified atom stereocenters. The number of para-hydroxylation sites is 1. The third-order valence-corrected chi connectivity index (χ3v) is 6.46. The number of methoxy groups -OCH3 is 3. The number of rotatable bonds is 8. The average molecular weight is 503 g/mol. The highest BCUT2D eigenvalue weighted by molar-refractivity contribution is 6.46. The SMILES string of the molecule is COc1ccc(/C(O)=C2/C(=O)C(=O)N(Cc3ccccc3OC)C2c2ccc(N(C)C)cc2)c(OC)c1. The fraction of sp³-hybridized carbons (Fsp3) is 0.241. The molecule has 0 saturated carbocycles. The van der Waals surface area contributed by atoms with Crippen molar-refractivity contribution < 1.29 is 28.9 Å². The third-order valence-electron chi connectivity index (χ3n) is 6.46. The number of ketones is 1. The maximum atomic E-state index is 13.4. The molecule has 1 heterocycles. The molecule has 0 radical (unpaired) electrons. The molecule has 1 atom stereocenters. The van der Waals surface area contributed by atoms with Gasteiger partial charge in [-0.1, -0.05) is 30.3 Å². The molecular weight excluding hydrogens is 472 g/mol. The number of aliphatic hydroxyl groups excluding tert-OH is 1. The second-order valence-corrected chi connectivity index (χ2v) is 8.79. The Morgan fingerprint density at radius 2 is 1.57 bits per heavy atom. The molecule has 1 fully saturated rings. The number of likely N-dealkylation sites (tertiary alicyclic amines) is 1. The molecule has 1 aliphatic heterocycles. The summed E-state index contributed by atoms with van der Waals surface area (Å²) in [6.45, 7) is 0.116. The Bertz CT molecular complexity index is 1350. The van der Waals surface area contributed by atoms with Gasteiger partial charge in [0.05, 0.1) is 45.1 Å². The van der Waals surface area contributed by atoms with E-state index in [4.69, 9.17) is 14.2 Å². The van der Waals surface area contributed by atoms with Crippen LogP contribution >= 0.6 is 0 Å². The van der Waals surface area contributed by atoms with Crippen LogP contribution in [0.5, 0.6) is 17.2 Å². The van der Waals surface area contributed by atoms with Gasteiger partial charge in [0.25, 0.3) is 11.7 Å². The molecule has 3 aromatic rings. The quantitative estimate of drug-likeness (QED) is 0.277. The molecule has 1 N–H and O–H groups in total. The van der Waals surface area contributed by atoms with E-state index >= 15 is 0 Å². The van der Waals surface area contributed by atoms with E-state index in [1.54, 1.807) is 31.4 Å². The number of carbonyl (C=O) groups is 2. The number of hydrogen-bond donors (Lipinski definition) is 1. The smallest absolute Gasteiger partial charge is 0.295 e. The van der Waals surface area contributed by atoms with Gasteiger partial charge >= 0.3 is 0 Å². The van der Waals surface area contributed by atoms with E-state index in [9.17, 15) is 14.7 Å². The molecule has 8 nitrogen and oxygen atoms in total. The number of Topliss-reactive ketones (excluding diaryl/α,β-unsaturated/α-hetero) is 1. The Hall–Kier alpha value is -4.46. The van der Waals surface area contributed by atoms with Crippen molar-refractivity contribution in [2.75, 3.05) is 40.3 Å². The average Bonchev–Trinajstić information content (AvgIpc) is 3.17. The fourth-order valence-corrected chi connectivity index (χ4v) is 4.50. The first-order valence-electron chi connectivity index (χ1n) is 11.7. The Balaban J connectivity index is 1.90. The summed E-state index contributed by atoms with van der Waals surface area (Å²) in [4.78, 5) is 30.3. The molecule has 4 rings (SSSR count). The lowest BCUT2D eigenvalue weighted by molar-refractivity contribution is -0.140. The first-order valence-corrected chi connectivity index (χ1v) is 11.7. The molecule has 192 valence electrons. The van der Waals surface area contributed by atoms with Gasteiger partial charge < -0.3 is 29.1 Å². The van der Waals surface area contributed by atoms with Crippen molar-refractivity contribution in [3.8, 4) is 17.2 Å². The molecule has 0 aliphatic carbocycles. The van der Waals surface area contributed by atoms with Crippen LogP contribution in [-0.4, -0.2) is 57.1 Å². The summed E-state index contributed by atoms with van der Waals surface area (Å²) in [5.41, 5.74) is 2.66. The molecule has 3 aromatic carbocycles. The van der Waals surface area contributed by atoms with Crippen molar-refractivity contribution in [2.24, 2.45) is 0 Å². The predicted molar refractivity (Wildman–Crippen MR) is 141 cm³/mol. The number of ether oxygens (including phenoxy) is 3. The summed E-state index contributed by atoms with van der Waals surface area (Å²) in [5.74, 6) is -0.353. The number of carbonyl (C=O) groups excluding carboxylic acids is 2. The van der Waals surface area contributed by atoms with Crippen molar-refractivity contribution in [3.05, 3.63) is 89.0 Å². The number of amides is 1.